The highest BCUT2D eigenvalue weighted by Gasteiger charge is 2.05. The maximum absolute atomic E-state index is 12.0. The Bertz CT molecular complexity index is 567. The van der Waals surface area contributed by atoms with Crippen molar-refractivity contribution in [3.63, 3.8) is 0 Å². The van der Waals surface area contributed by atoms with Gasteiger partial charge in [0.15, 0.2) is 5.78 Å². The van der Waals surface area contributed by atoms with Crippen molar-refractivity contribution in [3.05, 3.63) is 58.6 Å². The summed E-state index contributed by atoms with van der Waals surface area (Å²) in [5.74, 6) is 0.791. The molecule has 3 nitrogen and oxygen atoms in total. The van der Waals surface area contributed by atoms with E-state index in [2.05, 4.69) is 21.2 Å². The van der Waals surface area contributed by atoms with Gasteiger partial charge in [0.2, 0.25) is 0 Å². The lowest BCUT2D eigenvalue weighted by molar-refractivity contribution is 0.101. The van der Waals surface area contributed by atoms with E-state index in [1.165, 1.54) is 0 Å². The summed E-state index contributed by atoms with van der Waals surface area (Å²) in [5.41, 5.74) is 1.58. The molecule has 98 valence electrons. The first-order chi connectivity index (χ1) is 9.19. The summed E-state index contributed by atoms with van der Waals surface area (Å²) < 4.78 is 6.04. The summed E-state index contributed by atoms with van der Waals surface area (Å²) in [7, 11) is 1.60. The number of ketones is 1. The number of nitrogens with one attached hydrogen (secondary N) is 1. The van der Waals surface area contributed by atoms with Crippen molar-refractivity contribution in [1.82, 2.24) is 0 Å². The highest BCUT2D eigenvalue weighted by Crippen LogP contribution is 2.16. The van der Waals surface area contributed by atoms with Gasteiger partial charge in [-0.25, -0.2) is 0 Å². The second-order valence-electron chi connectivity index (χ2n) is 4.02. The third-order valence-electron chi connectivity index (χ3n) is 2.69. The lowest BCUT2D eigenvalue weighted by atomic mass is 10.1. The van der Waals surface area contributed by atoms with Crippen LogP contribution in [0, 0.1) is 0 Å². The third kappa shape index (κ3) is 3.83. The van der Waals surface area contributed by atoms with Crippen molar-refractivity contribution in [2.75, 3.05) is 19.0 Å². The second-order valence-corrected chi connectivity index (χ2v) is 4.93. The zero-order chi connectivity index (χ0) is 13.7. The highest BCUT2D eigenvalue weighted by atomic mass is 79.9. The molecule has 1 N–H and O–H groups in total. The van der Waals surface area contributed by atoms with Crippen LogP contribution in [0.2, 0.25) is 0 Å². The molecule has 2 rings (SSSR count). The van der Waals surface area contributed by atoms with E-state index < -0.39 is 0 Å². The molecule has 0 saturated carbocycles. The number of benzene rings is 2. The van der Waals surface area contributed by atoms with Gasteiger partial charge in [0.25, 0.3) is 0 Å². The number of halogens is 1. The number of Topliss-reactive ketones (excluding diaryl/α,β-unsaturated/α-hetero) is 1. The van der Waals surface area contributed by atoms with E-state index in [0.29, 0.717) is 5.56 Å². The summed E-state index contributed by atoms with van der Waals surface area (Å²) >= 11 is 3.39. The van der Waals surface area contributed by atoms with Gasteiger partial charge in [0.05, 0.1) is 13.7 Å². The predicted molar refractivity (Wildman–Crippen MR) is 80.0 cm³/mol. The van der Waals surface area contributed by atoms with E-state index in [1.54, 1.807) is 31.4 Å². The summed E-state index contributed by atoms with van der Waals surface area (Å²) in [5, 5.41) is 3.10. The number of anilines is 1. The van der Waals surface area contributed by atoms with E-state index in [1.807, 2.05) is 24.3 Å². The van der Waals surface area contributed by atoms with Gasteiger partial charge in [0.1, 0.15) is 5.75 Å². The molecule has 0 aliphatic carbocycles. The van der Waals surface area contributed by atoms with Gasteiger partial charge in [-0.2, -0.15) is 0 Å². The predicted octanol–water partition coefficient (Wildman–Crippen LogP) is 3.75. The van der Waals surface area contributed by atoms with Gasteiger partial charge < -0.3 is 10.1 Å². The molecule has 0 unspecified atom stereocenters. The Hall–Kier alpha value is -1.81. The van der Waals surface area contributed by atoms with Crippen LogP contribution in [0.1, 0.15) is 10.4 Å². The zero-order valence-electron chi connectivity index (χ0n) is 10.5. The maximum atomic E-state index is 12.0. The second kappa shape index (κ2) is 6.38. The Labute approximate surface area is 120 Å². The normalized spacial score (nSPS) is 10.0. The Balaban J connectivity index is 1.97. The minimum Gasteiger partial charge on any atom is -0.497 e. The number of rotatable bonds is 5. The Morgan fingerprint density at radius 1 is 1.21 bits per heavy atom. The smallest absolute Gasteiger partial charge is 0.181 e. The van der Waals surface area contributed by atoms with Crippen molar-refractivity contribution in [2.45, 2.75) is 0 Å². The maximum Gasteiger partial charge on any atom is 0.181 e. The number of carbonyl (C=O) groups excluding carboxylic acids is 1. The monoisotopic (exact) mass is 319 g/mol. The molecule has 0 aromatic heterocycles. The number of methoxy groups -OCH3 is 1. The summed E-state index contributed by atoms with van der Waals surface area (Å²) in [6, 6.07) is 14.8. The molecule has 19 heavy (non-hydrogen) atoms. The van der Waals surface area contributed by atoms with Crippen molar-refractivity contribution < 1.29 is 9.53 Å². The van der Waals surface area contributed by atoms with Crippen LogP contribution in [0.15, 0.2) is 53.0 Å². The van der Waals surface area contributed by atoms with E-state index in [-0.39, 0.29) is 12.3 Å². The molecule has 0 aliphatic rings. The SMILES string of the molecule is COc1ccc(C(=O)CNc2cccc(Br)c2)cc1. The first-order valence-electron chi connectivity index (χ1n) is 5.86. The van der Waals surface area contributed by atoms with E-state index in [4.69, 9.17) is 4.74 Å². The van der Waals surface area contributed by atoms with Gasteiger partial charge in [-0.05, 0) is 42.5 Å². The fourth-order valence-electron chi connectivity index (χ4n) is 1.66. The van der Waals surface area contributed by atoms with Crippen LogP contribution in [0.4, 0.5) is 5.69 Å². The Morgan fingerprint density at radius 2 is 1.95 bits per heavy atom. The van der Waals surface area contributed by atoms with Gasteiger partial charge in [0, 0.05) is 15.7 Å². The Morgan fingerprint density at radius 3 is 2.58 bits per heavy atom. The first-order valence-corrected chi connectivity index (χ1v) is 6.65. The number of hydrogen-bond acceptors (Lipinski definition) is 3. The number of hydrogen-bond donors (Lipinski definition) is 1. The number of carbonyl (C=O) groups is 1. The van der Waals surface area contributed by atoms with Crippen molar-refractivity contribution >= 4 is 27.4 Å². The standard InChI is InChI=1S/C15H14BrNO2/c1-19-14-7-5-11(6-8-14)15(18)10-17-13-4-2-3-12(16)9-13/h2-9,17H,10H2,1H3. The lowest BCUT2D eigenvalue weighted by Gasteiger charge is -2.06. The van der Waals surface area contributed by atoms with Crippen LogP contribution in [0.25, 0.3) is 0 Å². The molecular weight excluding hydrogens is 306 g/mol. The van der Waals surface area contributed by atoms with Crippen LogP contribution in [0.5, 0.6) is 5.75 Å². The quantitative estimate of drug-likeness (QED) is 0.853. The van der Waals surface area contributed by atoms with Gasteiger partial charge in [-0.3, -0.25) is 4.79 Å². The van der Waals surface area contributed by atoms with Crippen LogP contribution in [-0.2, 0) is 0 Å². The van der Waals surface area contributed by atoms with Crippen molar-refractivity contribution in [1.29, 1.82) is 0 Å². The molecule has 0 amide bonds. The largest absolute Gasteiger partial charge is 0.497 e. The van der Waals surface area contributed by atoms with Crippen LogP contribution in [0.3, 0.4) is 0 Å². The summed E-state index contributed by atoms with van der Waals surface area (Å²) in [6.45, 7) is 0.267. The fraction of sp³-hybridized carbons (Fsp3) is 0.133. The van der Waals surface area contributed by atoms with Gasteiger partial charge >= 0.3 is 0 Å². The Kier molecular flexibility index (Phi) is 4.58. The first kappa shape index (κ1) is 13.6. The molecule has 0 fully saturated rings. The van der Waals surface area contributed by atoms with Gasteiger partial charge in [-0.1, -0.05) is 22.0 Å². The van der Waals surface area contributed by atoms with Crippen molar-refractivity contribution in [3.8, 4) is 5.75 Å². The molecule has 0 spiro atoms. The molecule has 0 atom stereocenters. The number of ether oxygens (including phenoxy) is 1. The fourth-order valence-corrected chi connectivity index (χ4v) is 2.06. The summed E-state index contributed by atoms with van der Waals surface area (Å²) in [6.07, 6.45) is 0. The average Bonchev–Trinajstić information content (AvgIpc) is 2.45. The minimum absolute atomic E-state index is 0.0441. The van der Waals surface area contributed by atoms with Crippen LogP contribution >= 0.6 is 15.9 Å². The molecule has 4 heteroatoms. The van der Waals surface area contributed by atoms with Crippen LogP contribution in [-0.4, -0.2) is 19.4 Å². The lowest BCUT2D eigenvalue weighted by Crippen LogP contribution is -2.13. The van der Waals surface area contributed by atoms with Gasteiger partial charge in [-0.15, -0.1) is 0 Å². The molecule has 0 heterocycles. The van der Waals surface area contributed by atoms with E-state index in [9.17, 15) is 4.79 Å². The minimum atomic E-state index is 0.0441. The van der Waals surface area contributed by atoms with E-state index in [0.717, 1.165) is 15.9 Å². The molecule has 0 radical (unpaired) electrons. The molecule has 0 aliphatic heterocycles. The highest BCUT2D eigenvalue weighted by molar-refractivity contribution is 9.10. The topological polar surface area (TPSA) is 38.3 Å². The van der Waals surface area contributed by atoms with E-state index >= 15 is 0 Å². The molecule has 0 bridgehead atoms. The zero-order valence-corrected chi connectivity index (χ0v) is 12.1. The molecular formula is C15H14BrNO2. The van der Waals surface area contributed by atoms with Crippen LogP contribution < -0.4 is 10.1 Å². The molecule has 2 aromatic carbocycles. The average molecular weight is 320 g/mol. The van der Waals surface area contributed by atoms with Crippen molar-refractivity contribution in [2.24, 2.45) is 0 Å². The molecule has 2 aromatic rings. The summed E-state index contributed by atoms with van der Waals surface area (Å²) in [4.78, 5) is 12.0. The molecule has 0 saturated heterocycles. The third-order valence-corrected chi connectivity index (χ3v) is 3.18.